The maximum Gasteiger partial charge on any atom is 0.0538 e. The molecule has 0 aliphatic heterocycles. The molecule has 2 aliphatic carbocycles. The van der Waals surface area contributed by atoms with Crippen LogP contribution >= 0.6 is 0 Å². The van der Waals surface area contributed by atoms with E-state index in [-0.39, 0.29) is 0 Å². The fraction of sp³-hybridized carbons (Fsp3) is 0.0667. The molecule has 0 atom stereocenters. The lowest BCUT2D eigenvalue weighted by molar-refractivity contribution is 1.24. The van der Waals surface area contributed by atoms with Gasteiger partial charge in [-0.2, -0.15) is 0 Å². The average molecular weight is 393 g/mol. The monoisotopic (exact) mass is 393 g/mol. The zero-order valence-electron chi connectivity index (χ0n) is 17.0. The Labute approximate surface area is 180 Å². The van der Waals surface area contributed by atoms with Crippen molar-refractivity contribution >= 4 is 27.2 Å². The molecule has 0 N–H and O–H groups in total. The third-order valence-electron chi connectivity index (χ3n) is 7.48. The molecule has 2 aromatic heterocycles. The summed E-state index contributed by atoms with van der Waals surface area (Å²) in [6.07, 6.45) is 4.27. The van der Waals surface area contributed by atoms with E-state index in [0.29, 0.717) is 0 Å². The summed E-state index contributed by atoms with van der Waals surface area (Å²) in [4.78, 5) is 0. The number of benzene rings is 4. The van der Waals surface area contributed by atoms with Gasteiger partial charge in [0.15, 0.2) is 0 Å². The number of pyridine rings is 1. The highest BCUT2D eigenvalue weighted by molar-refractivity contribution is 6.16. The van der Waals surface area contributed by atoms with E-state index in [0.717, 1.165) is 12.8 Å². The molecule has 1 heteroatoms. The Morgan fingerprint density at radius 3 is 2.32 bits per heavy atom. The molecular formula is C30H19N. The number of fused-ring (bicyclic) bond motifs is 14. The third kappa shape index (κ3) is 1.88. The Kier molecular flexibility index (Phi) is 2.80. The van der Waals surface area contributed by atoms with E-state index >= 15 is 0 Å². The predicted octanol–water partition coefficient (Wildman–Crippen LogP) is 7.39. The standard InChI is InChI=1S/C30H19N/c1-2-7-20-18(6-1)16-25-21(20)12-11-19-17-26-24(29(19)25)14-13-23-22-8-3-4-9-27(22)31-15-5-10-28(31)30(23)26/h1-15H,16-17H2. The second kappa shape index (κ2) is 5.44. The number of hydrogen-bond donors (Lipinski definition) is 0. The summed E-state index contributed by atoms with van der Waals surface area (Å²) < 4.78 is 2.36. The number of para-hydroxylation sites is 1. The molecule has 2 aliphatic rings. The van der Waals surface area contributed by atoms with Crippen molar-refractivity contribution < 1.29 is 0 Å². The topological polar surface area (TPSA) is 4.41 Å². The largest absolute Gasteiger partial charge is 0.316 e. The Bertz CT molecular complexity index is 1730. The van der Waals surface area contributed by atoms with Crippen LogP contribution in [0.1, 0.15) is 22.3 Å². The van der Waals surface area contributed by atoms with Gasteiger partial charge < -0.3 is 4.40 Å². The molecule has 0 unspecified atom stereocenters. The molecule has 0 amide bonds. The summed E-state index contributed by atoms with van der Waals surface area (Å²) in [6.45, 7) is 0. The lowest BCUT2D eigenvalue weighted by Gasteiger charge is -2.13. The first kappa shape index (κ1) is 15.9. The first-order valence-electron chi connectivity index (χ1n) is 11.1. The fourth-order valence-corrected chi connectivity index (χ4v) is 6.22. The molecule has 1 nitrogen and oxygen atoms in total. The van der Waals surface area contributed by atoms with Crippen LogP contribution in [0.4, 0.5) is 0 Å². The normalized spacial score (nSPS) is 13.5. The van der Waals surface area contributed by atoms with Gasteiger partial charge in [0.1, 0.15) is 0 Å². The Balaban J connectivity index is 1.50. The summed E-state index contributed by atoms with van der Waals surface area (Å²) in [7, 11) is 0. The van der Waals surface area contributed by atoms with Crippen LogP contribution in [-0.4, -0.2) is 4.40 Å². The first-order chi connectivity index (χ1) is 15.4. The van der Waals surface area contributed by atoms with E-state index in [9.17, 15) is 0 Å². The molecular weight excluding hydrogens is 374 g/mol. The van der Waals surface area contributed by atoms with Gasteiger partial charge in [-0.15, -0.1) is 0 Å². The summed E-state index contributed by atoms with van der Waals surface area (Å²) in [6, 6.07) is 31.6. The molecule has 0 radical (unpaired) electrons. The van der Waals surface area contributed by atoms with Crippen LogP contribution in [0.2, 0.25) is 0 Å². The van der Waals surface area contributed by atoms with Crippen LogP contribution in [0.3, 0.4) is 0 Å². The van der Waals surface area contributed by atoms with Crippen LogP contribution in [0.25, 0.3) is 49.4 Å². The van der Waals surface area contributed by atoms with Crippen molar-refractivity contribution in [2.75, 3.05) is 0 Å². The van der Waals surface area contributed by atoms with Crippen LogP contribution in [0.5, 0.6) is 0 Å². The van der Waals surface area contributed by atoms with Crippen molar-refractivity contribution in [3.63, 3.8) is 0 Å². The quantitative estimate of drug-likeness (QED) is 0.237. The SMILES string of the molecule is c1ccc2c(c1)Cc1c-2ccc2c1-c1ccc3c4ccccc4n4cccc4c3c1C2. The molecule has 2 heterocycles. The van der Waals surface area contributed by atoms with Gasteiger partial charge in [0.05, 0.1) is 11.0 Å². The minimum absolute atomic E-state index is 1.02. The molecule has 0 fully saturated rings. The van der Waals surface area contributed by atoms with Gasteiger partial charge >= 0.3 is 0 Å². The highest BCUT2D eigenvalue weighted by Gasteiger charge is 2.29. The van der Waals surface area contributed by atoms with Gasteiger partial charge in [-0.05, 0) is 80.9 Å². The molecule has 0 bridgehead atoms. The number of rotatable bonds is 0. The summed E-state index contributed by atoms with van der Waals surface area (Å²) in [5.41, 5.74) is 14.3. The molecule has 0 spiro atoms. The van der Waals surface area contributed by atoms with Crippen LogP contribution in [0, 0.1) is 0 Å². The van der Waals surface area contributed by atoms with Gasteiger partial charge in [-0.3, -0.25) is 0 Å². The molecule has 0 saturated heterocycles. The summed E-state index contributed by atoms with van der Waals surface area (Å²) >= 11 is 0. The maximum absolute atomic E-state index is 2.39. The van der Waals surface area contributed by atoms with Crippen LogP contribution in [0.15, 0.2) is 91.1 Å². The zero-order valence-corrected chi connectivity index (χ0v) is 17.0. The third-order valence-corrected chi connectivity index (χ3v) is 7.48. The zero-order chi connectivity index (χ0) is 20.1. The molecule has 4 aromatic carbocycles. The molecule has 144 valence electrons. The van der Waals surface area contributed by atoms with E-state index in [1.165, 1.54) is 71.7 Å². The van der Waals surface area contributed by atoms with E-state index < -0.39 is 0 Å². The van der Waals surface area contributed by atoms with Crippen molar-refractivity contribution in [2.24, 2.45) is 0 Å². The highest BCUT2D eigenvalue weighted by Crippen LogP contribution is 2.50. The lowest BCUT2D eigenvalue weighted by Crippen LogP contribution is -1.93. The number of hydrogen-bond acceptors (Lipinski definition) is 0. The van der Waals surface area contributed by atoms with E-state index in [4.69, 9.17) is 0 Å². The van der Waals surface area contributed by atoms with Crippen molar-refractivity contribution in [3.8, 4) is 22.3 Å². The van der Waals surface area contributed by atoms with Gasteiger partial charge in [-0.25, -0.2) is 0 Å². The van der Waals surface area contributed by atoms with Crippen molar-refractivity contribution in [1.29, 1.82) is 0 Å². The Morgan fingerprint density at radius 2 is 1.32 bits per heavy atom. The lowest BCUT2D eigenvalue weighted by atomic mass is 9.93. The van der Waals surface area contributed by atoms with Crippen molar-refractivity contribution in [3.05, 3.63) is 113 Å². The van der Waals surface area contributed by atoms with Crippen molar-refractivity contribution in [1.82, 2.24) is 4.40 Å². The first-order valence-corrected chi connectivity index (χ1v) is 11.1. The predicted molar refractivity (Wildman–Crippen MR) is 129 cm³/mol. The second-order valence-corrected chi connectivity index (χ2v) is 8.93. The maximum atomic E-state index is 2.39. The highest BCUT2D eigenvalue weighted by atomic mass is 14.9. The average Bonchev–Trinajstić information content (AvgIpc) is 3.53. The van der Waals surface area contributed by atoms with Gasteiger partial charge in [-0.1, -0.05) is 66.7 Å². The van der Waals surface area contributed by atoms with Crippen LogP contribution < -0.4 is 0 Å². The van der Waals surface area contributed by atoms with Gasteiger partial charge in [0.25, 0.3) is 0 Å². The fourth-order valence-electron chi connectivity index (χ4n) is 6.22. The smallest absolute Gasteiger partial charge is 0.0538 e. The van der Waals surface area contributed by atoms with Gasteiger partial charge in [0.2, 0.25) is 0 Å². The minimum atomic E-state index is 1.02. The molecule has 8 rings (SSSR count). The Morgan fingerprint density at radius 1 is 0.516 bits per heavy atom. The van der Waals surface area contributed by atoms with E-state index in [1.54, 1.807) is 0 Å². The van der Waals surface area contributed by atoms with Crippen LogP contribution in [-0.2, 0) is 12.8 Å². The van der Waals surface area contributed by atoms with E-state index in [1.807, 2.05) is 0 Å². The number of nitrogens with zero attached hydrogens (tertiary/aromatic N) is 1. The summed E-state index contributed by atoms with van der Waals surface area (Å²) in [5, 5.41) is 4.12. The Hall–Kier alpha value is -3.84. The molecule has 31 heavy (non-hydrogen) atoms. The van der Waals surface area contributed by atoms with Gasteiger partial charge in [0, 0.05) is 17.0 Å². The molecule has 0 saturated carbocycles. The summed E-state index contributed by atoms with van der Waals surface area (Å²) in [5.74, 6) is 0. The second-order valence-electron chi connectivity index (χ2n) is 8.93. The molecule has 6 aromatic rings. The number of aromatic nitrogens is 1. The van der Waals surface area contributed by atoms with Crippen molar-refractivity contribution in [2.45, 2.75) is 12.8 Å². The minimum Gasteiger partial charge on any atom is -0.316 e. The van der Waals surface area contributed by atoms with E-state index in [2.05, 4.69) is 95.5 Å².